The van der Waals surface area contributed by atoms with E-state index in [1.165, 1.54) is 5.56 Å². The van der Waals surface area contributed by atoms with E-state index in [9.17, 15) is 4.79 Å². The summed E-state index contributed by atoms with van der Waals surface area (Å²) in [6.07, 6.45) is 3.96. The van der Waals surface area contributed by atoms with E-state index in [1.54, 1.807) is 16.7 Å². The molecule has 0 aliphatic carbocycles. The Balaban J connectivity index is 1.32. The molecule has 0 bridgehead atoms. The summed E-state index contributed by atoms with van der Waals surface area (Å²) < 4.78 is 7.90. The van der Waals surface area contributed by atoms with Crippen LogP contribution in [0.1, 0.15) is 25.3 Å². The third kappa shape index (κ3) is 5.78. The molecule has 2 saturated heterocycles. The van der Waals surface area contributed by atoms with E-state index in [0.29, 0.717) is 6.04 Å². The van der Waals surface area contributed by atoms with Gasteiger partial charge in [-0.2, -0.15) is 0 Å². The van der Waals surface area contributed by atoms with Crippen LogP contribution < -0.4 is 10.9 Å². The third-order valence-corrected chi connectivity index (χ3v) is 6.25. The number of ether oxygens (including phenoxy) is 1. The molecule has 0 saturated carbocycles. The van der Waals surface area contributed by atoms with Crippen LogP contribution in [0.25, 0.3) is 0 Å². The van der Waals surface area contributed by atoms with Gasteiger partial charge < -0.3 is 19.5 Å². The lowest BCUT2D eigenvalue weighted by atomic mass is 10.1. The fourth-order valence-corrected chi connectivity index (χ4v) is 4.60. The van der Waals surface area contributed by atoms with Gasteiger partial charge in [0.15, 0.2) is 5.96 Å². The number of guanidine groups is 1. The topological polar surface area (TPSA) is 62.1 Å². The van der Waals surface area contributed by atoms with Gasteiger partial charge in [0.2, 0.25) is 5.56 Å². The molecule has 1 N–H and O–H groups in total. The van der Waals surface area contributed by atoms with Crippen molar-refractivity contribution in [3.05, 3.63) is 70.6 Å². The number of rotatable bonds is 8. The predicted octanol–water partition coefficient (Wildman–Crippen LogP) is 2.18. The Bertz CT molecular complexity index is 929. The summed E-state index contributed by atoms with van der Waals surface area (Å²) in [5.74, 6) is 0.974. The van der Waals surface area contributed by atoms with E-state index < -0.39 is 0 Å². The number of likely N-dealkylation sites (tertiary alicyclic amines) is 1. The Hall–Kier alpha value is -2.64. The lowest BCUT2D eigenvalue weighted by Gasteiger charge is -2.36. The molecule has 1 aromatic carbocycles. The minimum absolute atomic E-state index is 0.0593. The molecule has 1 aromatic heterocycles. The Morgan fingerprint density at radius 3 is 2.78 bits per heavy atom. The first-order valence-corrected chi connectivity index (χ1v) is 11.8. The van der Waals surface area contributed by atoms with Crippen molar-refractivity contribution in [1.82, 2.24) is 19.7 Å². The molecular weight excluding hydrogens is 402 g/mol. The maximum absolute atomic E-state index is 11.8. The zero-order valence-corrected chi connectivity index (χ0v) is 19.0. The molecule has 32 heavy (non-hydrogen) atoms. The van der Waals surface area contributed by atoms with E-state index in [1.807, 2.05) is 12.3 Å². The van der Waals surface area contributed by atoms with Gasteiger partial charge in [0.1, 0.15) is 0 Å². The number of unbranched alkanes of at least 4 members (excludes halogenated alkanes) is 1. The van der Waals surface area contributed by atoms with Crippen molar-refractivity contribution in [3.8, 4) is 0 Å². The summed E-state index contributed by atoms with van der Waals surface area (Å²) in [4.78, 5) is 21.6. The largest absolute Gasteiger partial charge is 0.373 e. The quantitative estimate of drug-likeness (QED) is 0.390. The normalized spacial score (nSPS) is 21.5. The number of benzene rings is 1. The summed E-state index contributed by atoms with van der Waals surface area (Å²) in [5, 5.41) is 3.46. The monoisotopic (exact) mass is 437 g/mol. The first-order chi connectivity index (χ1) is 15.7. The summed E-state index contributed by atoms with van der Waals surface area (Å²) in [6.45, 7) is 8.98. The lowest BCUT2D eigenvalue weighted by Crippen LogP contribution is -2.50. The molecular formula is C25H35N5O2. The number of aromatic nitrogens is 1. The van der Waals surface area contributed by atoms with Crippen LogP contribution in [0.5, 0.6) is 0 Å². The number of hydrogen-bond acceptors (Lipinski definition) is 4. The van der Waals surface area contributed by atoms with Gasteiger partial charge in [-0.05, 0) is 31.4 Å². The van der Waals surface area contributed by atoms with Crippen molar-refractivity contribution in [2.24, 2.45) is 4.99 Å². The van der Waals surface area contributed by atoms with E-state index >= 15 is 0 Å². The standard InChI is InChI=1S/C25H35N5O2/c1-2-26-25(27-13-7-9-15-28-14-8-6-12-24(28)31)30-19-22-23(20-30)32-17-16-29(22)18-21-10-4-3-5-11-21/h3-6,8,10-12,14,22-23H,2,7,9,13,15-20H2,1H3,(H,26,27). The van der Waals surface area contributed by atoms with E-state index in [-0.39, 0.29) is 11.7 Å². The Labute approximate surface area is 190 Å². The molecule has 0 radical (unpaired) electrons. The van der Waals surface area contributed by atoms with Crippen LogP contribution in [0.3, 0.4) is 0 Å². The molecule has 2 aliphatic heterocycles. The molecule has 7 heteroatoms. The van der Waals surface area contributed by atoms with E-state index in [2.05, 4.69) is 52.4 Å². The van der Waals surface area contributed by atoms with Crippen LogP contribution in [0, 0.1) is 0 Å². The Morgan fingerprint density at radius 2 is 1.97 bits per heavy atom. The second-order valence-corrected chi connectivity index (χ2v) is 8.51. The highest BCUT2D eigenvalue weighted by molar-refractivity contribution is 5.80. The van der Waals surface area contributed by atoms with Gasteiger partial charge >= 0.3 is 0 Å². The van der Waals surface area contributed by atoms with Crippen LogP contribution in [-0.2, 0) is 17.8 Å². The molecule has 2 aliphatic rings. The number of nitrogens with zero attached hydrogens (tertiary/aromatic N) is 4. The Kier molecular flexibility index (Phi) is 7.96. The van der Waals surface area contributed by atoms with Gasteiger partial charge in [-0.25, -0.2) is 0 Å². The van der Waals surface area contributed by atoms with Crippen molar-refractivity contribution >= 4 is 5.96 Å². The first-order valence-electron chi connectivity index (χ1n) is 11.8. The summed E-state index contributed by atoms with van der Waals surface area (Å²) in [5.41, 5.74) is 1.41. The van der Waals surface area contributed by atoms with Crippen molar-refractivity contribution in [3.63, 3.8) is 0 Å². The number of pyridine rings is 1. The SMILES string of the molecule is CCNC(=NCCCCn1ccccc1=O)N1CC2OCCN(Cc3ccccc3)C2C1. The number of nitrogens with one attached hydrogen (secondary N) is 1. The summed E-state index contributed by atoms with van der Waals surface area (Å²) >= 11 is 0. The number of aliphatic imine (C=N–C) groups is 1. The first kappa shape index (κ1) is 22.6. The molecule has 2 aromatic rings. The molecule has 2 fully saturated rings. The zero-order chi connectivity index (χ0) is 22.2. The van der Waals surface area contributed by atoms with Gasteiger partial charge in [0.25, 0.3) is 0 Å². The van der Waals surface area contributed by atoms with Gasteiger partial charge in [-0.15, -0.1) is 0 Å². The van der Waals surface area contributed by atoms with Crippen LogP contribution in [-0.4, -0.2) is 71.8 Å². The van der Waals surface area contributed by atoms with Gasteiger partial charge in [-0.3, -0.25) is 14.7 Å². The van der Waals surface area contributed by atoms with E-state index in [4.69, 9.17) is 9.73 Å². The minimum Gasteiger partial charge on any atom is -0.373 e. The molecule has 2 atom stereocenters. The van der Waals surface area contributed by atoms with Gasteiger partial charge in [-0.1, -0.05) is 36.4 Å². The molecule has 0 amide bonds. The van der Waals surface area contributed by atoms with Crippen molar-refractivity contribution < 1.29 is 4.74 Å². The van der Waals surface area contributed by atoms with Crippen molar-refractivity contribution in [2.75, 3.05) is 39.3 Å². The van der Waals surface area contributed by atoms with Crippen LogP contribution in [0.2, 0.25) is 0 Å². The number of aryl methyl sites for hydroxylation is 1. The molecule has 0 spiro atoms. The molecule has 2 unspecified atom stereocenters. The van der Waals surface area contributed by atoms with Crippen LogP contribution >= 0.6 is 0 Å². The van der Waals surface area contributed by atoms with E-state index in [0.717, 1.165) is 71.2 Å². The average molecular weight is 438 g/mol. The average Bonchev–Trinajstić information content (AvgIpc) is 3.25. The highest BCUT2D eigenvalue weighted by atomic mass is 16.5. The molecule has 4 rings (SSSR count). The van der Waals surface area contributed by atoms with Crippen LogP contribution in [0.4, 0.5) is 0 Å². The maximum atomic E-state index is 11.8. The maximum Gasteiger partial charge on any atom is 0.250 e. The number of fused-ring (bicyclic) bond motifs is 1. The van der Waals surface area contributed by atoms with Crippen molar-refractivity contribution in [1.29, 1.82) is 0 Å². The fraction of sp³-hybridized carbons (Fsp3) is 0.520. The predicted molar refractivity (Wildman–Crippen MR) is 128 cm³/mol. The fourth-order valence-electron chi connectivity index (χ4n) is 4.60. The smallest absolute Gasteiger partial charge is 0.250 e. The summed E-state index contributed by atoms with van der Waals surface area (Å²) in [7, 11) is 0. The molecule has 7 nitrogen and oxygen atoms in total. The van der Waals surface area contributed by atoms with Gasteiger partial charge in [0.05, 0.1) is 18.8 Å². The molecule has 172 valence electrons. The highest BCUT2D eigenvalue weighted by Crippen LogP contribution is 2.24. The second-order valence-electron chi connectivity index (χ2n) is 8.51. The lowest BCUT2D eigenvalue weighted by molar-refractivity contribution is -0.0502. The third-order valence-electron chi connectivity index (χ3n) is 6.25. The second kappa shape index (κ2) is 11.3. The molecule has 3 heterocycles. The van der Waals surface area contributed by atoms with Crippen molar-refractivity contribution in [2.45, 2.75) is 45.0 Å². The Morgan fingerprint density at radius 1 is 1.12 bits per heavy atom. The number of hydrogen-bond donors (Lipinski definition) is 1. The zero-order valence-electron chi connectivity index (χ0n) is 19.0. The number of morpholine rings is 1. The van der Waals surface area contributed by atoms with Gasteiger partial charge in [0, 0.05) is 58.1 Å². The van der Waals surface area contributed by atoms with Crippen LogP contribution in [0.15, 0.2) is 64.5 Å². The summed E-state index contributed by atoms with van der Waals surface area (Å²) in [6, 6.07) is 16.4. The minimum atomic E-state index is 0.0593. The highest BCUT2D eigenvalue weighted by Gasteiger charge is 2.41.